The Morgan fingerprint density at radius 1 is 1.38 bits per heavy atom. The lowest BCUT2D eigenvalue weighted by molar-refractivity contribution is 0.255. The highest BCUT2D eigenvalue weighted by molar-refractivity contribution is 14.0. The second kappa shape index (κ2) is 10.9. The number of nitrogens with zero attached hydrogens (tertiary/aromatic N) is 3. The van der Waals surface area contributed by atoms with Gasteiger partial charge in [0.15, 0.2) is 5.96 Å². The van der Waals surface area contributed by atoms with Crippen molar-refractivity contribution < 1.29 is 0 Å². The van der Waals surface area contributed by atoms with Crippen molar-refractivity contribution in [2.24, 2.45) is 4.99 Å². The summed E-state index contributed by atoms with van der Waals surface area (Å²) in [5, 5.41) is 3.53. The summed E-state index contributed by atoms with van der Waals surface area (Å²) in [6.07, 6.45) is 2.40. The van der Waals surface area contributed by atoms with Crippen LogP contribution in [-0.2, 0) is 0 Å². The second-order valence-corrected chi connectivity index (χ2v) is 6.55. The highest BCUT2D eigenvalue weighted by Gasteiger charge is 2.25. The Balaban J connectivity index is 0.00000288. The molecule has 0 amide bonds. The van der Waals surface area contributed by atoms with Crippen LogP contribution in [0.4, 0.5) is 0 Å². The summed E-state index contributed by atoms with van der Waals surface area (Å²) >= 11 is 0. The molecule has 2 atom stereocenters. The minimum atomic E-state index is 0. The van der Waals surface area contributed by atoms with E-state index in [1.807, 2.05) is 7.05 Å². The second-order valence-electron chi connectivity index (χ2n) is 6.55. The Labute approximate surface area is 164 Å². The molecule has 2 rings (SSSR count). The number of hydrogen-bond acceptors (Lipinski definition) is 2. The quantitative estimate of drug-likeness (QED) is 0.415. The summed E-state index contributed by atoms with van der Waals surface area (Å²) in [5.41, 5.74) is 1.45. The Hall–Kier alpha value is -0.820. The third-order valence-electron chi connectivity index (χ3n) is 5.06. The van der Waals surface area contributed by atoms with Crippen LogP contribution < -0.4 is 5.32 Å². The van der Waals surface area contributed by atoms with E-state index >= 15 is 0 Å². The highest BCUT2D eigenvalue weighted by Crippen LogP contribution is 2.26. The zero-order valence-corrected chi connectivity index (χ0v) is 17.9. The molecule has 0 saturated carbocycles. The van der Waals surface area contributed by atoms with Crippen molar-refractivity contribution >= 4 is 29.9 Å². The standard InChI is InChI=1S/C19H32N4.HI/c1-5-16(2)22(4)14-12-21-19(20-3)23-13-11-18(15-23)17-9-7-6-8-10-17;/h6-10,16,18H,5,11-15H2,1-4H3,(H,20,21);1H. The van der Waals surface area contributed by atoms with Gasteiger partial charge in [-0.25, -0.2) is 0 Å². The van der Waals surface area contributed by atoms with Crippen molar-refractivity contribution in [3.8, 4) is 0 Å². The number of aliphatic imine (C=N–C) groups is 1. The lowest BCUT2D eigenvalue weighted by atomic mass is 9.99. The van der Waals surface area contributed by atoms with Gasteiger partial charge < -0.3 is 15.1 Å². The first-order chi connectivity index (χ1) is 11.2. The number of hydrogen-bond donors (Lipinski definition) is 1. The molecule has 0 spiro atoms. The first-order valence-corrected chi connectivity index (χ1v) is 8.86. The van der Waals surface area contributed by atoms with Crippen LogP contribution in [0.2, 0.25) is 0 Å². The SMILES string of the molecule is CCC(C)N(C)CCNC(=NC)N1CCC(c2ccccc2)C1.I. The summed E-state index contributed by atoms with van der Waals surface area (Å²) < 4.78 is 0. The van der Waals surface area contributed by atoms with E-state index in [0.29, 0.717) is 12.0 Å². The maximum absolute atomic E-state index is 4.47. The number of nitrogens with one attached hydrogen (secondary N) is 1. The molecule has 1 heterocycles. The maximum Gasteiger partial charge on any atom is 0.193 e. The van der Waals surface area contributed by atoms with Gasteiger partial charge in [0.2, 0.25) is 0 Å². The first-order valence-electron chi connectivity index (χ1n) is 8.86. The Kier molecular flexibility index (Phi) is 9.66. The third kappa shape index (κ3) is 5.92. The van der Waals surface area contributed by atoms with Crippen molar-refractivity contribution in [3.63, 3.8) is 0 Å². The summed E-state index contributed by atoms with van der Waals surface area (Å²) in [6.45, 7) is 8.65. The predicted molar refractivity (Wildman–Crippen MR) is 115 cm³/mol. The van der Waals surface area contributed by atoms with Gasteiger partial charge in [0.1, 0.15) is 0 Å². The van der Waals surface area contributed by atoms with Crippen LogP contribution in [-0.4, -0.2) is 62.1 Å². The maximum atomic E-state index is 4.47. The van der Waals surface area contributed by atoms with Crippen molar-refractivity contribution in [1.82, 2.24) is 15.1 Å². The van der Waals surface area contributed by atoms with E-state index < -0.39 is 0 Å². The number of guanidine groups is 1. The van der Waals surface area contributed by atoms with Gasteiger partial charge in [-0.05, 0) is 32.4 Å². The van der Waals surface area contributed by atoms with Crippen molar-refractivity contribution in [2.45, 2.75) is 38.6 Å². The number of likely N-dealkylation sites (N-methyl/N-ethyl adjacent to an activating group) is 1. The smallest absolute Gasteiger partial charge is 0.193 e. The molecular weight excluding hydrogens is 411 g/mol. The highest BCUT2D eigenvalue weighted by atomic mass is 127. The molecule has 0 aromatic heterocycles. The first kappa shape index (κ1) is 21.2. The minimum absolute atomic E-state index is 0. The molecule has 1 saturated heterocycles. The number of benzene rings is 1. The zero-order chi connectivity index (χ0) is 16.7. The molecule has 0 radical (unpaired) electrons. The molecule has 24 heavy (non-hydrogen) atoms. The molecular formula is C19H33IN4. The molecule has 4 nitrogen and oxygen atoms in total. The van der Waals surface area contributed by atoms with E-state index in [9.17, 15) is 0 Å². The van der Waals surface area contributed by atoms with Crippen LogP contribution in [0.15, 0.2) is 35.3 Å². The van der Waals surface area contributed by atoms with Gasteiger partial charge in [0, 0.05) is 45.2 Å². The number of rotatable bonds is 6. The summed E-state index contributed by atoms with van der Waals surface area (Å²) in [6, 6.07) is 11.5. The van der Waals surface area contributed by atoms with E-state index in [2.05, 4.69) is 71.3 Å². The summed E-state index contributed by atoms with van der Waals surface area (Å²) in [5.74, 6) is 1.67. The van der Waals surface area contributed by atoms with Crippen LogP contribution in [0.25, 0.3) is 0 Å². The predicted octanol–water partition coefficient (Wildman–Crippen LogP) is 3.40. The topological polar surface area (TPSA) is 30.9 Å². The normalized spacial score (nSPS) is 19.3. The van der Waals surface area contributed by atoms with Crippen molar-refractivity contribution in [1.29, 1.82) is 0 Å². The van der Waals surface area contributed by atoms with Gasteiger partial charge >= 0.3 is 0 Å². The van der Waals surface area contributed by atoms with Crippen LogP contribution in [0.3, 0.4) is 0 Å². The van der Waals surface area contributed by atoms with Gasteiger partial charge in [-0.15, -0.1) is 24.0 Å². The van der Waals surface area contributed by atoms with E-state index in [4.69, 9.17) is 0 Å². The molecule has 2 unspecified atom stereocenters. The van der Waals surface area contributed by atoms with E-state index in [0.717, 1.165) is 32.1 Å². The van der Waals surface area contributed by atoms with Crippen LogP contribution in [0.5, 0.6) is 0 Å². The molecule has 136 valence electrons. The third-order valence-corrected chi connectivity index (χ3v) is 5.06. The van der Waals surface area contributed by atoms with Crippen LogP contribution in [0, 0.1) is 0 Å². The molecule has 0 bridgehead atoms. The number of likely N-dealkylation sites (tertiary alicyclic amines) is 1. The fourth-order valence-corrected chi connectivity index (χ4v) is 3.16. The molecule has 1 aliphatic heterocycles. The van der Waals surface area contributed by atoms with Crippen LogP contribution >= 0.6 is 24.0 Å². The molecule has 1 N–H and O–H groups in total. The van der Waals surface area contributed by atoms with E-state index in [1.54, 1.807) is 0 Å². The Morgan fingerprint density at radius 3 is 2.71 bits per heavy atom. The lowest BCUT2D eigenvalue weighted by Gasteiger charge is -2.26. The zero-order valence-electron chi connectivity index (χ0n) is 15.5. The van der Waals surface area contributed by atoms with Gasteiger partial charge in [0.25, 0.3) is 0 Å². The Morgan fingerprint density at radius 2 is 2.08 bits per heavy atom. The lowest BCUT2D eigenvalue weighted by Crippen LogP contribution is -2.43. The molecule has 1 aromatic rings. The molecule has 5 heteroatoms. The monoisotopic (exact) mass is 444 g/mol. The fourth-order valence-electron chi connectivity index (χ4n) is 3.16. The van der Waals surface area contributed by atoms with Gasteiger partial charge in [-0.2, -0.15) is 0 Å². The van der Waals surface area contributed by atoms with Crippen molar-refractivity contribution in [2.75, 3.05) is 40.3 Å². The van der Waals surface area contributed by atoms with E-state index in [1.165, 1.54) is 18.4 Å². The summed E-state index contributed by atoms with van der Waals surface area (Å²) in [7, 11) is 4.08. The fraction of sp³-hybridized carbons (Fsp3) is 0.632. The minimum Gasteiger partial charge on any atom is -0.355 e. The molecule has 1 aliphatic rings. The number of halogens is 1. The van der Waals surface area contributed by atoms with Gasteiger partial charge in [-0.1, -0.05) is 37.3 Å². The van der Waals surface area contributed by atoms with Gasteiger partial charge in [0.05, 0.1) is 0 Å². The summed E-state index contributed by atoms with van der Waals surface area (Å²) in [4.78, 5) is 9.26. The van der Waals surface area contributed by atoms with Gasteiger partial charge in [-0.3, -0.25) is 4.99 Å². The largest absolute Gasteiger partial charge is 0.355 e. The van der Waals surface area contributed by atoms with Crippen molar-refractivity contribution in [3.05, 3.63) is 35.9 Å². The van der Waals surface area contributed by atoms with Crippen LogP contribution in [0.1, 0.15) is 38.2 Å². The molecule has 0 aliphatic carbocycles. The molecule has 1 fully saturated rings. The molecule has 1 aromatic carbocycles. The average molecular weight is 444 g/mol. The Bertz CT molecular complexity index is 491. The average Bonchev–Trinajstić information content (AvgIpc) is 3.08. The van der Waals surface area contributed by atoms with E-state index in [-0.39, 0.29) is 24.0 Å².